The maximum atomic E-state index is 12.2. The third-order valence-corrected chi connectivity index (χ3v) is 7.72. The number of nitrogens with zero attached hydrogens (tertiary/aromatic N) is 1. The van der Waals surface area contributed by atoms with Crippen molar-refractivity contribution in [3.63, 3.8) is 0 Å². The molecule has 172 valence electrons. The fraction of sp³-hybridized carbons (Fsp3) is 0. The predicted molar refractivity (Wildman–Crippen MR) is 119 cm³/mol. The van der Waals surface area contributed by atoms with Gasteiger partial charge in [-0.15, -0.1) is 0 Å². The van der Waals surface area contributed by atoms with Crippen molar-refractivity contribution in [2.75, 3.05) is 0 Å². The third-order valence-electron chi connectivity index (χ3n) is 4.86. The molecule has 3 N–H and O–H groups in total. The van der Waals surface area contributed by atoms with Crippen LogP contribution in [0.4, 0.5) is 0 Å². The molecular formula is C19H12ClNO9S3. The Morgan fingerprint density at radius 2 is 1.33 bits per heavy atom. The summed E-state index contributed by atoms with van der Waals surface area (Å²) in [5.74, 6) is 0. The van der Waals surface area contributed by atoms with Gasteiger partial charge in [0.1, 0.15) is 9.79 Å². The van der Waals surface area contributed by atoms with Crippen LogP contribution in [0.2, 0.25) is 5.02 Å². The fourth-order valence-corrected chi connectivity index (χ4v) is 5.76. The number of hydrogen-bond donors (Lipinski definition) is 3. The van der Waals surface area contributed by atoms with Crippen LogP contribution in [0.15, 0.2) is 69.4 Å². The second kappa shape index (κ2) is 7.70. The molecule has 0 bridgehead atoms. The number of fused-ring (bicyclic) bond motifs is 2. The van der Waals surface area contributed by atoms with Gasteiger partial charge in [-0.1, -0.05) is 23.7 Å². The molecule has 14 heteroatoms. The van der Waals surface area contributed by atoms with E-state index in [1.165, 1.54) is 24.4 Å². The molecular weight excluding hydrogens is 518 g/mol. The standard InChI is InChI=1S/C19H12ClNO9S3/c20-10-1-2-13-12(5-6-21-16(13)7-10)14-3-4-17(32(25,26)27)15-8-11(31(22,23)24)9-18(19(14)15)33(28,29)30/h1-9H,(H,22,23,24)(H,25,26,27)(H,28,29,30). The quantitative estimate of drug-likeness (QED) is 0.332. The van der Waals surface area contributed by atoms with Crippen LogP contribution in [0, 0.1) is 0 Å². The summed E-state index contributed by atoms with van der Waals surface area (Å²) in [5.41, 5.74) is 0.824. The number of aromatic nitrogens is 1. The van der Waals surface area contributed by atoms with Gasteiger partial charge in [-0.05, 0) is 47.5 Å². The second-order valence-electron chi connectivity index (χ2n) is 6.90. The van der Waals surface area contributed by atoms with Gasteiger partial charge in [-0.25, -0.2) is 0 Å². The zero-order valence-corrected chi connectivity index (χ0v) is 19.2. The van der Waals surface area contributed by atoms with Gasteiger partial charge in [0.15, 0.2) is 0 Å². The average molecular weight is 530 g/mol. The molecule has 0 aliphatic heterocycles. The van der Waals surface area contributed by atoms with E-state index in [1.54, 1.807) is 12.1 Å². The van der Waals surface area contributed by atoms with Crippen molar-refractivity contribution in [1.82, 2.24) is 4.98 Å². The highest BCUT2D eigenvalue weighted by Crippen LogP contribution is 2.40. The van der Waals surface area contributed by atoms with Crippen molar-refractivity contribution in [3.05, 3.63) is 59.8 Å². The Hall–Kier alpha value is -2.65. The molecule has 0 atom stereocenters. The minimum Gasteiger partial charge on any atom is -0.282 e. The van der Waals surface area contributed by atoms with Crippen LogP contribution >= 0.6 is 11.6 Å². The van der Waals surface area contributed by atoms with E-state index in [2.05, 4.69) is 4.98 Å². The summed E-state index contributed by atoms with van der Waals surface area (Å²) < 4.78 is 101. The van der Waals surface area contributed by atoms with E-state index < -0.39 is 55.8 Å². The first kappa shape index (κ1) is 23.5. The average Bonchev–Trinajstić information content (AvgIpc) is 2.69. The number of benzene rings is 3. The van der Waals surface area contributed by atoms with Crippen LogP contribution in [0.3, 0.4) is 0 Å². The lowest BCUT2D eigenvalue weighted by molar-refractivity contribution is 0.478. The zero-order valence-electron chi connectivity index (χ0n) is 16.0. The molecule has 0 unspecified atom stereocenters. The first-order valence-electron chi connectivity index (χ1n) is 8.76. The maximum absolute atomic E-state index is 12.2. The van der Waals surface area contributed by atoms with Crippen molar-refractivity contribution < 1.29 is 38.9 Å². The van der Waals surface area contributed by atoms with Gasteiger partial charge >= 0.3 is 0 Å². The Balaban J connectivity index is 2.31. The third kappa shape index (κ3) is 4.31. The van der Waals surface area contributed by atoms with E-state index >= 15 is 0 Å². The van der Waals surface area contributed by atoms with Gasteiger partial charge in [0.05, 0.1) is 10.4 Å². The van der Waals surface area contributed by atoms with E-state index in [0.29, 0.717) is 33.6 Å². The number of rotatable bonds is 4. The Kier molecular flexibility index (Phi) is 5.48. The zero-order chi connectivity index (χ0) is 24.3. The molecule has 0 spiro atoms. The van der Waals surface area contributed by atoms with Crippen molar-refractivity contribution in [2.24, 2.45) is 0 Å². The lowest BCUT2D eigenvalue weighted by Crippen LogP contribution is -2.08. The summed E-state index contributed by atoms with van der Waals surface area (Å²) in [5, 5.41) is -0.114. The highest BCUT2D eigenvalue weighted by atomic mass is 35.5. The van der Waals surface area contributed by atoms with Crippen molar-refractivity contribution >= 4 is 63.6 Å². The van der Waals surface area contributed by atoms with Gasteiger partial charge in [0.2, 0.25) is 0 Å². The normalized spacial score (nSPS) is 13.0. The van der Waals surface area contributed by atoms with E-state index in [1.807, 2.05) is 0 Å². The minimum atomic E-state index is -5.15. The highest BCUT2D eigenvalue weighted by molar-refractivity contribution is 7.87. The van der Waals surface area contributed by atoms with E-state index in [-0.39, 0.29) is 5.56 Å². The molecule has 4 rings (SSSR count). The SMILES string of the molecule is O=S(=O)(O)c1cc(S(=O)(=O)O)c2c(-c3ccnc4cc(Cl)ccc34)ccc(S(=O)(=O)O)c2c1. The van der Waals surface area contributed by atoms with Gasteiger partial charge in [0, 0.05) is 27.4 Å². The Morgan fingerprint density at radius 3 is 1.94 bits per heavy atom. The Labute approximate surface area is 192 Å². The van der Waals surface area contributed by atoms with E-state index in [0.717, 1.165) is 6.07 Å². The molecule has 0 fully saturated rings. The predicted octanol–water partition coefficient (Wildman–Crippen LogP) is 3.45. The van der Waals surface area contributed by atoms with Gasteiger partial charge in [-0.3, -0.25) is 18.6 Å². The highest BCUT2D eigenvalue weighted by Gasteiger charge is 2.27. The monoisotopic (exact) mass is 529 g/mol. The van der Waals surface area contributed by atoms with E-state index in [9.17, 15) is 38.9 Å². The van der Waals surface area contributed by atoms with Crippen molar-refractivity contribution in [1.29, 1.82) is 0 Å². The van der Waals surface area contributed by atoms with Crippen LogP contribution in [0.25, 0.3) is 32.8 Å². The topological polar surface area (TPSA) is 176 Å². The van der Waals surface area contributed by atoms with Crippen LogP contribution in [-0.4, -0.2) is 43.9 Å². The Bertz CT molecular complexity index is 1800. The molecule has 1 aromatic heterocycles. The molecule has 4 aromatic rings. The molecule has 3 aromatic carbocycles. The molecule has 0 aliphatic carbocycles. The minimum absolute atomic E-state index is 0.0710. The molecule has 0 radical (unpaired) electrons. The molecule has 33 heavy (non-hydrogen) atoms. The fourth-order valence-electron chi connectivity index (χ4n) is 3.55. The summed E-state index contributed by atoms with van der Waals surface area (Å²) in [4.78, 5) is 1.35. The Morgan fingerprint density at radius 1 is 0.667 bits per heavy atom. The molecule has 0 aliphatic rings. The van der Waals surface area contributed by atoms with Crippen LogP contribution in [0.1, 0.15) is 0 Å². The van der Waals surface area contributed by atoms with Gasteiger partial charge in [-0.2, -0.15) is 25.3 Å². The summed E-state index contributed by atoms with van der Waals surface area (Å²) >= 11 is 6.00. The first-order chi connectivity index (χ1) is 15.2. The van der Waals surface area contributed by atoms with Crippen LogP contribution in [0.5, 0.6) is 0 Å². The summed E-state index contributed by atoms with van der Waals surface area (Å²) in [7, 11) is -15.2. The lowest BCUT2D eigenvalue weighted by atomic mass is 9.95. The molecule has 10 nitrogen and oxygen atoms in total. The van der Waals surface area contributed by atoms with E-state index in [4.69, 9.17) is 11.6 Å². The molecule has 1 heterocycles. The largest absolute Gasteiger partial charge is 0.295 e. The summed E-state index contributed by atoms with van der Waals surface area (Å²) in [6.07, 6.45) is 1.39. The van der Waals surface area contributed by atoms with Crippen molar-refractivity contribution in [2.45, 2.75) is 14.7 Å². The summed E-state index contributed by atoms with van der Waals surface area (Å²) in [6.45, 7) is 0. The number of pyridine rings is 1. The van der Waals surface area contributed by atoms with Gasteiger partial charge in [0.25, 0.3) is 30.4 Å². The smallest absolute Gasteiger partial charge is 0.282 e. The number of hydrogen-bond acceptors (Lipinski definition) is 7. The summed E-state index contributed by atoms with van der Waals surface area (Å²) in [6, 6.07) is 9.47. The van der Waals surface area contributed by atoms with Crippen LogP contribution < -0.4 is 0 Å². The second-order valence-corrected chi connectivity index (χ2v) is 11.5. The van der Waals surface area contributed by atoms with Crippen LogP contribution in [-0.2, 0) is 30.4 Å². The lowest BCUT2D eigenvalue weighted by Gasteiger charge is -2.15. The van der Waals surface area contributed by atoms with Crippen molar-refractivity contribution in [3.8, 4) is 11.1 Å². The number of halogens is 1. The maximum Gasteiger partial charge on any atom is 0.295 e. The first-order valence-corrected chi connectivity index (χ1v) is 13.5. The van der Waals surface area contributed by atoms with Gasteiger partial charge < -0.3 is 0 Å². The molecule has 0 amide bonds. The molecule has 0 saturated heterocycles. The molecule has 0 saturated carbocycles.